The van der Waals surface area contributed by atoms with Crippen LogP contribution >= 0.6 is 0 Å². The van der Waals surface area contributed by atoms with Crippen molar-refractivity contribution in [1.82, 2.24) is 0 Å². The third-order valence-electron chi connectivity index (χ3n) is 3.40. The van der Waals surface area contributed by atoms with Gasteiger partial charge in [-0.2, -0.15) is 0 Å². The van der Waals surface area contributed by atoms with Crippen molar-refractivity contribution in [1.29, 1.82) is 0 Å². The summed E-state index contributed by atoms with van der Waals surface area (Å²) in [6, 6.07) is 13.4. The smallest absolute Gasteiger partial charge is 0.248 e. The molecule has 4 heteroatoms. The summed E-state index contributed by atoms with van der Waals surface area (Å²) in [6.07, 6.45) is 0.973. The number of anilines is 1. The molecule has 3 rings (SSSR count). The molecule has 2 aromatic rings. The van der Waals surface area contributed by atoms with Crippen molar-refractivity contribution in [3.05, 3.63) is 59.2 Å². The molecule has 0 fully saturated rings. The van der Waals surface area contributed by atoms with Crippen molar-refractivity contribution in [2.24, 2.45) is 5.73 Å². The molecule has 1 amide bonds. The molecular formula is C16H16N2O2. The van der Waals surface area contributed by atoms with Gasteiger partial charge in [0.1, 0.15) is 5.75 Å². The lowest BCUT2D eigenvalue weighted by Crippen LogP contribution is -2.11. The van der Waals surface area contributed by atoms with E-state index in [0.717, 1.165) is 24.5 Å². The fraction of sp³-hybridized carbons (Fsp3) is 0.188. The third kappa shape index (κ3) is 2.59. The van der Waals surface area contributed by atoms with Gasteiger partial charge in [-0.15, -0.1) is 0 Å². The van der Waals surface area contributed by atoms with Gasteiger partial charge in [-0.25, -0.2) is 0 Å². The Labute approximate surface area is 117 Å². The Bertz CT molecular complexity index is 653. The highest BCUT2D eigenvalue weighted by Crippen LogP contribution is 2.26. The molecule has 4 nitrogen and oxygen atoms in total. The number of carbonyl (C=O) groups is 1. The van der Waals surface area contributed by atoms with Gasteiger partial charge in [-0.1, -0.05) is 18.2 Å². The van der Waals surface area contributed by atoms with E-state index in [1.54, 1.807) is 12.1 Å². The summed E-state index contributed by atoms with van der Waals surface area (Å²) in [7, 11) is 0. The lowest BCUT2D eigenvalue weighted by molar-refractivity contribution is 0.100. The minimum Gasteiger partial charge on any atom is -0.493 e. The van der Waals surface area contributed by atoms with Crippen LogP contribution in [0.5, 0.6) is 5.75 Å². The van der Waals surface area contributed by atoms with E-state index in [9.17, 15) is 4.79 Å². The summed E-state index contributed by atoms with van der Waals surface area (Å²) < 4.78 is 5.49. The summed E-state index contributed by atoms with van der Waals surface area (Å²) >= 11 is 0. The number of hydrogen-bond donors (Lipinski definition) is 2. The van der Waals surface area contributed by atoms with Crippen LogP contribution in [0.2, 0.25) is 0 Å². The molecule has 1 aliphatic heterocycles. The van der Waals surface area contributed by atoms with Gasteiger partial charge in [0.05, 0.1) is 6.61 Å². The van der Waals surface area contributed by atoms with Crippen LogP contribution in [0.25, 0.3) is 0 Å². The maximum absolute atomic E-state index is 11.1. The minimum atomic E-state index is -0.414. The number of benzene rings is 2. The maximum atomic E-state index is 11.1. The van der Waals surface area contributed by atoms with E-state index in [-0.39, 0.29) is 0 Å². The first-order chi connectivity index (χ1) is 9.72. The standard InChI is InChI=1S/C16H16N2O2/c17-16(19)13-2-1-3-14(9-13)18-10-11-4-5-15-12(8-11)6-7-20-15/h1-5,8-9,18H,6-7,10H2,(H2,17,19). The predicted molar refractivity (Wildman–Crippen MR) is 77.9 cm³/mol. The number of ether oxygens (including phenoxy) is 1. The Hall–Kier alpha value is -2.49. The van der Waals surface area contributed by atoms with Crippen LogP contribution in [0.3, 0.4) is 0 Å². The fourth-order valence-electron chi connectivity index (χ4n) is 2.34. The van der Waals surface area contributed by atoms with Crippen molar-refractivity contribution in [3.8, 4) is 5.75 Å². The zero-order valence-corrected chi connectivity index (χ0v) is 11.1. The average Bonchev–Trinajstić information content (AvgIpc) is 2.93. The predicted octanol–water partition coefficient (Wildman–Crippen LogP) is 2.33. The SMILES string of the molecule is NC(=O)c1cccc(NCc2ccc3c(c2)CCO3)c1. The van der Waals surface area contributed by atoms with E-state index in [4.69, 9.17) is 10.5 Å². The third-order valence-corrected chi connectivity index (χ3v) is 3.40. The highest BCUT2D eigenvalue weighted by Gasteiger charge is 2.11. The van der Waals surface area contributed by atoms with Crippen molar-refractivity contribution in [2.45, 2.75) is 13.0 Å². The van der Waals surface area contributed by atoms with Gasteiger partial charge in [0.2, 0.25) is 5.91 Å². The number of nitrogens with one attached hydrogen (secondary N) is 1. The van der Waals surface area contributed by atoms with Gasteiger partial charge in [0, 0.05) is 24.2 Å². The molecule has 1 heterocycles. The first-order valence-corrected chi connectivity index (χ1v) is 6.61. The van der Waals surface area contributed by atoms with E-state index in [2.05, 4.69) is 17.4 Å². The number of hydrogen-bond acceptors (Lipinski definition) is 3. The normalized spacial score (nSPS) is 12.6. The van der Waals surface area contributed by atoms with E-state index in [1.807, 2.05) is 18.2 Å². The van der Waals surface area contributed by atoms with Crippen LogP contribution in [0.15, 0.2) is 42.5 Å². The van der Waals surface area contributed by atoms with Crippen LogP contribution in [0, 0.1) is 0 Å². The molecule has 2 aromatic carbocycles. The molecule has 0 bridgehead atoms. The zero-order chi connectivity index (χ0) is 13.9. The number of carbonyl (C=O) groups excluding carboxylic acids is 1. The molecule has 0 saturated heterocycles. The molecule has 102 valence electrons. The average molecular weight is 268 g/mol. The molecule has 0 unspecified atom stereocenters. The van der Waals surface area contributed by atoms with Crippen molar-refractivity contribution in [2.75, 3.05) is 11.9 Å². The van der Waals surface area contributed by atoms with E-state index < -0.39 is 5.91 Å². The van der Waals surface area contributed by atoms with Gasteiger partial charge in [0.15, 0.2) is 0 Å². The maximum Gasteiger partial charge on any atom is 0.248 e. The lowest BCUT2D eigenvalue weighted by Gasteiger charge is -2.08. The monoisotopic (exact) mass is 268 g/mol. The van der Waals surface area contributed by atoms with E-state index in [1.165, 1.54) is 11.1 Å². The van der Waals surface area contributed by atoms with E-state index >= 15 is 0 Å². The number of primary amides is 1. The van der Waals surface area contributed by atoms with Gasteiger partial charge >= 0.3 is 0 Å². The molecule has 0 spiro atoms. The number of rotatable bonds is 4. The molecule has 20 heavy (non-hydrogen) atoms. The molecule has 0 saturated carbocycles. The summed E-state index contributed by atoms with van der Waals surface area (Å²) in [5.41, 5.74) is 9.12. The largest absolute Gasteiger partial charge is 0.493 e. The highest BCUT2D eigenvalue weighted by molar-refractivity contribution is 5.93. The summed E-state index contributed by atoms with van der Waals surface area (Å²) in [5.74, 6) is 0.577. The number of fused-ring (bicyclic) bond motifs is 1. The van der Waals surface area contributed by atoms with Crippen molar-refractivity contribution >= 4 is 11.6 Å². The quantitative estimate of drug-likeness (QED) is 0.894. The van der Waals surface area contributed by atoms with Crippen molar-refractivity contribution in [3.63, 3.8) is 0 Å². The second kappa shape index (κ2) is 5.25. The molecule has 1 aliphatic rings. The Kier molecular flexibility index (Phi) is 3.29. The number of nitrogens with two attached hydrogens (primary N) is 1. The first kappa shape index (κ1) is 12.5. The minimum absolute atomic E-state index is 0.414. The van der Waals surface area contributed by atoms with Gasteiger partial charge < -0.3 is 15.8 Å². The molecule has 3 N–H and O–H groups in total. The van der Waals surface area contributed by atoms with Crippen molar-refractivity contribution < 1.29 is 9.53 Å². The molecule has 0 atom stereocenters. The van der Waals surface area contributed by atoms with Crippen LogP contribution in [-0.2, 0) is 13.0 Å². The van der Waals surface area contributed by atoms with Crippen LogP contribution in [-0.4, -0.2) is 12.5 Å². The molecule has 0 radical (unpaired) electrons. The Morgan fingerprint density at radius 2 is 2.15 bits per heavy atom. The molecular weight excluding hydrogens is 252 g/mol. The first-order valence-electron chi connectivity index (χ1n) is 6.61. The van der Waals surface area contributed by atoms with E-state index in [0.29, 0.717) is 12.1 Å². The van der Waals surface area contributed by atoms with Crippen LogP contribution in [0.1, 0.15) is 21.5 Å². The zero-order valence-electron chi connectivity index (χ0n) is 11.1. The summed E-state index contributed by atoms with van der Waals surface area (Å²) in [6.45, 7) is 1.47. The Balaban J connectivity index is 1.70. The fourth-order valence-corrected chi connectivity index (χ4v) is 2.34. The molecule has 0 aliphatic carbocycles. The van der Waals surface area contributed by atoms with Crippen LogP contribution in [0.4, 0.5) is 5.69 Å². The van der Waals surface area contributed by atoms with Crippen LogP contribution < -0.4 is 15.8 Å². The molecule has 0 aromatic heterocycles. The Morgan fingerprint density at radius 1 is 1.25 bits per heavy atom. The van der Waals surface area contributed by atoms with Gasteiger partial charge in [0.25, 0.3) is 0 Å². The summed E-state index contributed by atoms with van der Waals surface area (Å²) in [5, 5.41) is 3.30. The van der Waals surface area contributed by atoms with Gasteiger partial charge in [-0.3, -0.25) is 4.79 Å². The second-order valence-corrected chi connectivity index (χ2v) is 4.84. The highest BCUT2D eigenvalue weighted by atomic mass is 16.5. The second-order valence-electron chi connectivity index (χ2n) is 4.84. The number of amides is 1. The lowest BCUT2D eigenvalue weighted by atomic mass is 10.1. The topological polar surface area (TPSA) is 64.4 Å². The summed E-state index contributed by atoms with van der Waals surface area (Å²) in [4.78, 5) is 11.1. The van der Waals surface area contributed by atoms with Gasteiger partial charge in [-0.05, 0) is 35.4 Å². The Morgan fingerprint density at radius 3 is 3.00 bits per heavy atom.